The van der Waals surface area contributed by atoms with E-state index in [2.05, 4.69) is 15.4 Å². The van der Waals surface area contributed by atoms with Crippen molar-refractivity contribution in [3.8, 4) is 0 Å². The van der Waals surface area contributed by atoms with Crippen molar-refractivity contribution in [1.82, 2.24) is 20.1 Å². The quantitative estimate of drug-likeness (QED) is 0.901. The minimum Gasteiger partial charge on any atom is -0.342 e. The molecule has 0 saturated carbocycles. The van der Waals surface area contributed by atoms with Crippen LogP contribution in [-0.4, -0.2) is 30.6 Å². The van der Waals surface area contributed by atoms with E-state index in [-0.39, 0.29) is 11.9 Å². The van der Waals surface area contributed by atoms with Crippen molar-refractivity contribution >= 4 is 16.7 Å². The maximum Gasteiger partial charge on any atom is 0.253 e. The van der Waals surface area contributed by atoms with Gasteiger partial charge in [0.2, 0.25) is 0 Å². The molecule has 3 rings (SSSR count). The van der Waals surface area contributed by atoms with Crippen LogP contribution in [0.15, 0.2) is 29.2 Å². The van der Waals surface area contributed by atoms with Gasteiger partial charge in [0.1, 0.15) is 5.82 Å². The van der Waals surface area contributed by atoms with E-state index in [9.17, 15) is 9.00 Å². The average molecular weight is 346 g/mol. The third kappa shape index (κ3) is 3.26. The number of aryl methyl sites for hydroxylation is 2. The summed E-state index contributed by atoms with van der Waals surface area (Å²) in [5.41, 5.74) is 0.477. The predicted molar refractivity (Wildman–Crippen MR) is 92.2 cm³/mol. The molecule has 1 N–H and O–H groups in total. The van der Waals surface area contributed by atoms with Crippen LogP contribution in [0.3, 0.4) is 0 Å². The lowest BCUT2D eigenvalue weighted by Gasteiger charge is -2.23. The zero-order chi connectivity index (χ0) is 17.1. The summed E-state index contributed by atoms with van der Waals surface area (Å²) in [6.45, 7) is 4.71. The Hall–Kier alpha value is -2.02. The summed E-state index contributed by atoms with van der Waals surface area (Å²) in [4.78, 5) is 17.9. The average Bonchev–Trinajstić information content (AvgIpc) is 3.05. The van der Waals surface area contributed by atoms with Gasteiger partial charge < -0.3 is 5.32 Å². The van der Waals surface area contributed by atoms with Crippen molar-refractivity contribution in [1.29, 1.82) is 0 Å². The number of rotatable bonds is 5. The maximum absolute atomic E-state index is 12.7. The monoisotopic (exact) mass is 346 g/mol. The molecule has 0 radical (unpaired) electrons. The second-order valence-corrected chi connectivity index (χ2v) is 7.47. The molecular weight excluding hydrogens is 324 g/mol. The van der Waals surface area contributed by atoms with Crippen LogP contribution in [0.5, 0.6) is 0 Å². The fourth-order valence-electron chi connectivity index (χ4n) is 2.93. The minimum absolute atomic E-state index is 0.151. The summed E-state index contributed by atoms with van der Waals surface area (Å²) < 4.78 is 14.1. The fourth-order valence-corrected chi connectivity index (χ4v) is 3.88. The summed E-state index contributed by atoms with van der Waals surface area (Å²) in [6, 6.07) is 6.94. The van der Waals surface area contributed by atoms with E-state index in [1.807, 2.05) is 24.6 Å². The number of nitrogens with one attached hydrogen (secondary N) is 1. The van der Waals surface area contributed by atoms with Crippen molar-refractivity contribution < 1.29 is 9.00 Å². The summed E-state index contributed by atoms with van der Waals surface area (Å²) in [7, 11) is -1.17. The van der Waals surface area contributed by atoms with E-state index >= 15 is 0 Å². The molecular formula is C17H22N4O2S. The topological polar surface area (TPSA) is 76.9 Å². The molecule has 0 aliphatic carbocycles. The summed E-state index contributed by atoms with van der Waals surface area (Å²) in [5.74, 6) is 1.91. The number of carbonyl (C=O) groups is 1. The Balaban J connectivity index is 1.84. The second kappa shape index (κ2) is 7.25. The van der Waals surface area contributed by atoms with Gasteiger partial charge in [-0.05, 0) is 25.0 Å². The van der Waals surface area contributed by atoms with Crippen molar-refractivity contribution in [2.75, 3.05) is 5.75 Å². The van der Waals surface area contributed by atoms with Gasteiger partial charge in [-0.25, -0.2) is 9.67 Å². The number of fused-ring (bicyclic) bond motifs is 1. The highest BCUT2D eigenvalue weighted by Crippen LogP contribution is 2.24. The Labute approximate surface area is 144 Å². The van der Waals surface area contributed by atoms with E-state index in [0.717, 1.165) is 37.5 Å². The molecule has 1 amide bonds. The highest BCUT2D eigenvalue weighted by molar-refractivity contribution is 7.85. The molecule has 0 unspecified atom stereocenters. The van der Waals surface area contributed by atoms with E-state index in [4.69, 9.17) is 0 Å². The fraction of sp³-hybridized carbons (Fsp3) is 0.471. The Morgan fingerprint density at radius 1 is 1.38 bits per heavy atom. The number of benzene rings is 1. The maximum atomic E-state index is 12.7. The smallest absolute Gasteiger partial charge is 0.253 e. The van der Waals surface area contributed by atoms with Crippen molar-refractivity contribution in [3.63, 3.8) is 0 Å². The molecule has 24 heavy (non-hydrogen) atoms. The third-order valence-electron chi connectivity index (χ3n) is 4.18. The van der Waals surface area contributed by atoms with Crippen LogP contribution in [0.2, 0.25) is 0 Å². The lowest BCUT2D eigenvalue weighted by Crippen LogP contribution is -2.33. The van der Waals surface area contributed by atoms with Crippen LogP contribution in [-0.2, 0) is 23.8 Å². The number of amides is 1. The van der Waals surface area contributed by atoms with Crippen molar-refractivity contribution in [3.05, 3.63) is 41.5 Å². The van der Waals surface area contributed by atoms with Crippen molar-refractivity contribution in [2.45, 2.75) is 50.6 Å². The standard InChI is InChI=1S/C17H22N4O2S/c1-3-15-19-16-13(9-7-11-21(16)20-15)18-17(22)12-8-5-6-10-14(12)24(23)4-2/h5-6,8,10,13H,3-4,7,9,11H2,1-2H3,(H,18,22)/t13-,24+/m0/s1. The van der Waals surface area contributed by atoms with Gasteiger partial charge >= 0.3 is 0 Å². The lowest BCUT2D eigenvalue weighted by molar-refractivity contribution is 0.0924. The van der Waals surface area contributed by atoms with Crippen LogP contribution in [0.25, 0.3) is 0 Å². The summed E-state index contributed by atoms with van der Waals surface area (Å²) in [6.07, 6.45) is 2.57. The molecule has 1 aliphatic rings. The van der Waals surface area contributed by atoms with Crippen LogP contribution in [0, 0.1) is 0 Å². The first-order valence-electron chi connectivity index (χ1n) is 8.35. The van der Waals surface area contributed by atoms with Crippen LogP contribution in [0.1, 0.15) is 54.7 Å². The van der Waals surface area contributed by atoms with E-state index in [1.54, 1.807) is 18.2 Å². The highest BCUT2D eigenvalue weighted by atomic mass is 32.2. The normalized spacial score (nSPS) is 18.0. The van der Waals surface area contributed by atoms with Gasteiger partial charge in [0.15, 0.2) is 5.82 Å². The largest absolute Gasteiger partial charge is 0.342 e. The van der Waals surface area contributed by atoms with E-state index in [1.165, 1.54) is 0 Å². The predicted octanol–water partition coefficient (Wildman–Crippen LogP) is 2.23. The lowest BCUT2D eigenvalue weighted by atomic mass is 10.1. The molecule has 128 valence electrons. The molecule has 1 aromatic heterocycles. The Morgan fingerprint density at radius 2 is 2.17 bits per heavy atom. The SMILES string of the molecule is CCc1nc2n(n1)CCC[C@@H]2NC(=O)c1ccccc1[S@](=O)CC. The summed E-state index contributed by atoms with van der Waals surface area (Å²) >= 11 is 0. The van der Waals surface area contributed by atoms with Gasteiger partial charge in [0.05, 0.1) is 27.3 Å². The van der Waals surface area contributed by atoms with Gasteiger partial charge in [-0.2, -0.15) is 5.10 Å². The molecule has 1 aromatic carbocycles. The molecule has 0 fully saturated rings. The van der Waals surface area contributed by atoms with Gasteiger partial charge in [-0.1, -0.05) is 26.0 Å². The number of aromatic nitrogens is 3. The molecule has 0 bridgehead atoms. The summed E-state index contributed by atoms with van der Waals surface area (Å²) in [5, 5.41) is 7.52. The molecule has 0 spiro atoms. The van der Waals surface area contributed by atoms with Crippen molar-refractivity contribution in [2.24, 2.45) is 0 Å². The first-order valence-corrected chi connectivity index (χ1v) is 9.67. The Morgan fingerprint density at radius 3 is 2.92 bits per heavy atom. The number of hydrogen-bond donors (Lipinski definition) is 1. The zero-order valence-corrected chi connectivity index (χ0v) is 14.8. The molecule has 1 aliphatic heterocycles. The van der Waals surface area contributed by atoms with Crippen LogP contribution >= 0.6 is 0 Å². The number of hydrogen-bond acceptors (Lipinski definition) is 4. The molecule has 7 heteroatoms. The number of nitrogens with zero attached hydrogens (tertiary/aromatic N) is 3. The van der Waals surface area contributed by atoms with Crippen LogP contribution in [0.4, 0.5) is 0 Å². The first kappa shape index (κ1) is 16.8. The van der Waals surface area contributed by atoms with Gasteiger partial charge in [0, 0.05) is 18.7 Å². The van der Waals surface area contributed by atoms with Crippen LogP contribution < -0.4 is 5.32 Å². The minimum atomic E-state index is -1.17. The molecule has 2 heterocycles. The van der Waals surface area contributed by atoms with E-state index < -0.39 is 10.8 Å². The van der Waals surface area contributed by atoms with Gasteiger partial charge in [-0.15, -0.1) is 0 Å². The van der Waals surface area contributed by atoms with E-state index in [0.29, 0.717) is 16.2 Å². The first-order chi connectivity index (χ1) is 11.6. The highest BCUT2D eigenvalue weighted by Gasteiger charge is 2.26. The molecule has 2 aromatic rings. The third-order valence-corrected chi connectivity index (χ3v) is 5.55. The zero-order valence-electron chi connectivity index (χ0n) is 14.0. The second-order valence-electron chi connectivity index (χ2n) is 5.76. The number of carbonyl (C=O) groups excluding carboxylic acids is 1. The molecule has 0 saturated heterocycles. The van der Waals surface area contributed by atoms with Gasteiger partial charge in [0.25, 0.3) is 5.91 Å². The molecule has 6 nitrogen and oxygen atoms in total. The molecule has 2 atom stereocenters. The Kier molecular flexibility index (Phi) is 5.08. The van der Waals surface area contributed by atoms with Gasteiger partial charge in [-0.3, -0.25) is 9.00 Å². The Bertz CT molecular complexity index is 772.